The van der Waals surface area contributed by atoms with E-state index < -0.39 is 0 Å². The molecule has 86 valence electrons. The third kappa shape index (κ3) is 3.51. The van der Waals surface area contributed by atoms with Crippen molar-refractivity contribution in [2.24, 2.45) is 0 Å². The normalized spacial score (nSPS) is 9.71. The molecule has 0 saturated heterocycles. The second kappa shape index (κ2) is 6.33. The number of nitrogens with zero attached hydrogens (tertiary/aromatic N) is 2. The molecule has 0 aliphatic rings. The summed E-state index contributed by atoms with van der Waals surface area (Å²) in [5, 5.41) is 1.20. The molecular weight excluding hydrogens is 252 g/mol. The van der Waals surface area contributed by atoms with Crippen LogP contribution in [0, 0.1) is 0 Å². The van der Waals surface area contributed by atoms with Crippen LogP contribution in [-0.4, -0.2) is 9.97 Å². The average molecular weight is 263 g/mol. The van der Waals surface area contributed by atoms with Crippen LogP contribution in [0.4, 0.5) is 0 Å². The average Bonchev–Trinajstić information content (AvgIpc) is 2.93. The Kier molecular flexibility index (Phi) is 4.47. The first-order chi connectivity index (χ1) is 8.40. The van der Waals surface area contributed by atoms with E-state index in [1.54, 1.807) is 23.0 Å². The number of rotatable bonds is 1. The van der Waals surface area contributed by atoms with Crippen LogP contribution >= 0.6 is 22.9 Å². The molecule has 2 heterocycles. The third-order valence-electron chi connectivity index (χ3n) is 2.13. The molecule has 2 nitrogen and oxygen atoms in total. The van der Waals surface area contributed by atoms with Crippen LogP contribution in [0.5, 0.6) is 0 Å². The molecule has 3 rings (SSSR count). The lowest BCUT2D eigenvalue weighted by molar-refractivity contribution is 1.37. The van der Waals surface area contributed by atoms with Crippen molar-refractivity contribution in [2.75, 3.05) is 0 Å². The number of alkyl halides is 1. The quantitative estimate of drug-likeness (QED) is 0.617. The van der Waals surface area contributed by atoms with E-state index in [0.717, 1.165) is 10.4 Å². The number of halogens is 1. The summed E-state index contributed by atoms with van der Waals surface area (Å²) in [4.78, 5) is 9.13. The summed E-state index contributed by atoms with van der Waals surface area (Å²) < 4.78 is 0. The first-order valence-electron chi connectivity index (χ1n) is 5.13. The Balaban J connectivity index is 0.000000136. The van der Waals surface area contributed by atoms with Gasteiger partial charge in [-0.05, 0) is 12.1 Å². The fourth-order valence-electron chi connectivity index (χ4n) is 1.32. The molecule has 4 heteroatoms. The topological polar surface area (TPSA) is 25.8 Å². The first kappa shape index (κ1) is 12.0. The number of fused-ring (bicyclic) bond motifs is 1. The van der Waals surface area contributed by atoms with Gasteiger partial charge >= 0.3 is 0 Å². The van der Waals surface area contributed by atoms with Crippen molar-refractivity contribution < 1.29 is 0 Å². The van der Waals surface area contributed by atoms with E-state index in [4.69, 9.17) is 11.6 Å². The summed E-state index contributed by atoms with van der Waals surface area (Å²) >= 11 is 7.02. The van der Waals surface area contributed by atoms with Crippen LogP contribution in [0.25, 0.3) is 10.9 Å². The van der Waals surface area contributed by atoms with Crippen molar-refractivity contribution in [1.82, 2.24) is 9.97 Å². The summed E-state index contributed by atoms with van der Waals surface area (Å²) in [5.74, 6) is 0.588. The fourth-order valence-corrected chi connectivity index (χ4v) is 2.02. The monoisotopic (exact) mass is 262 g/mol. The smallest absolute Gasteiger partial charge is 0.0794 e. The Labute approximate surface area is 109 Å². The van der Waals surface area contributed by atoms with Gasteiger partial charge in [-0.25, -0.2) is 0 Å². The SMILES string of the molecule is ClCc1cncs1.c1ccc2ncccc2c1. The van der Waals surface area contributed by atoms with Gasteiger partial charge in [0, 0.05) is 22.7 Å². The third-order valence-corrected chi connectivity index (χ3v) is 3.35. The van der Waals surface area contributed by atoms with E-state index in [9.17, 15) is 0 Å². The molecule has 0 spiro atoms. The Bertz CT molecular complexity index is 501. The van der Waals surface area contributed by atoms with Gasteiger partial charge in [-0.2, -0.15) is 0 Å². The van der Waals surface area contributed by atoms with E-state index in [2.05, 4.69) is 22.1 Å². The highest BCUT2D eigenvalue weighted by Gasteiger charge is 1.87. The highest BCUT2D eigenvalue weighted by Crippen LogP contribution is 2.08. The van der Waals surface area contributed by atoms with Gasteiger partial charge in [-0.3, -0.25) is 9.97 Å². The minimum absolute atomic E-state index is 0.588. The van der Waals surface area contributed by atoms with Crippen molar-refractivity contribution in [3.8, 4) is 0 Å². The van der Waals surface area contributed by atoms with Crippen molar-refractivity contribution in [1.29, 1.82) is 0 Å². The molecule has 0 aliphatic heterocycles. The van der Waals surface area contributed by atoms with Crippen LogP contribution in [0.3, 0.4) is 0 Å². The minimum atomic E-state index is 0.588. The number of hydrogen-bond donors (Lipinski definition) is 0. The zero-order valence-corrected chi connectivity index (χ0v) is 10.7. The summed E-state index contributed by atoms with van der Waals surface area (Å²) in [6.07, 6.45) is 3.58. The standard InChI is InChI=1S/C9H7N.C4H4ClNS/c1-2-6-9-8(4-1)5-3-7-10-9;5-1-4-2-6-3-7-4/h1-7H;2-3H,1H2. The molecule has 0 radical (unpaired) electrons. The predicted molar refractivity (Wildman–Crippen MR) is 73.4 cm³/mol. The van der Waals surface area contributed by atoms with Crippen molar-refractivity contribution >= 4 is 33.8 Å². The summed E-state index contributed by atoms with van der Waals surface area (Å²) in [6.45, 7) is 0. The molecule has 0 amide bonds. The lowest BCUT2D eigenvalue weighted by atomic mass is 10.2. The maximum Gasteiger partial charge on any atom is 0.0794 e. The molecule has 0 N–H and O–H groups in total. The molecule has 2 aromatic heterocycles. The molecule has 3 aromatic rings. The Hall–Kier alpha value is -1.45. The predicted octanol–water partition coefficient (Wildman–Crippen LogP) is 4.12. The van der Waals surface area contributed by atoms with Crippen LogP contribution in [-0.2, 0) is 5.88 Å². The molecule has 0 aliphatic carbocycles. The molecule has 0 bridgehead atoms. The number of thiazole rings is 1. The van der Waals surface area contributed by atoms with E-state index in [-0.39, 0.29) is 0 Å². The second-order valence-electron chi connectivity index (χ2n) is 3.30. The van der Waals surface area contributed by atoms with Gasteiger partial charge in [0.25, 0.3) is 0 Å². The van der Waals surface area contributed by atoms with Gasteiger partial charge < -0.3 is 0 Å². The molecule has 1 aromatic carbocycles. The first-order valence-corrected chi connectivity index (χ1v) is 6.54. The van der Waals surface area contributed by atoms with Crippen LogP contribution in [0.2, 0.25) is 0 Å². The van der Waals surface area contributed by atoms with Crippen LogP contribution in [0.1, 0.15) is 4.88 Å². The minimum Gasteiger partial charge on any atom is -0.256 e. The number of hydrogen-bond acceptors (Lipinski definition) is 3. The summed E-state index contributed by atoms with van der Waals surface area (Å²) in [6, 6.07) is 12.1. The van der Waals surface area contributed by atoms with E-state index in [0.29, 0.717) is 5.88 Å². The summed E-state index contributed by atoms with van der Waals surface area (Å²) in [7, 11) is 0. The van der Waals surface area contributed by atoms with Gasteiger partial charge in [0.15, 0.2) is 0 Å². The number of aromatic nitrogens is 2. The van der Waals surface area contributed by atoms with Crippen molar-refractivity contribution in [2.45, 2.75) is 5.88 Å². The number of para-hydroxylation sites is 1. The number of pyridine rings is 1. The lowest BCUT2D eigenvalue weighted by Gasteiger charge is -1.91. The van der Waals surface area contributed by atoms with Gasteiger partial charge in [-0.15, -0.1) is 22.9 Å². The molecule has 0 saturated carbocycles. The molecule has 17 heavy (non-hydrogen) atoms. The largest absolute Gasteiger partial charge is 0.256 e. The van der Waals surface area contributed by atoms with E-state index in [1.807, 2.05) is 30.5 Å². The van der Waals surface area contributed by atoms with E-state index >= 15 is 0 Å². The summed E-state index contributed by atoms with van der Waals surface area (Å²) in [5.41, 5.74) is 2.84. The molecule has 0 atom stereocenters. The fraction of sp³-hybridized carbons (Fsp3) is 0.0769. The highest BCUT2D eigenvalue weighted by molar-refractivity contribution is 7.09. The van der Waals surface area contributed by atoms with Crippen LogP contribution < -0.4 is 0 Å². The Morgan fingerprint density at radius 1 is 1.12 bits per heavy atom. The Morgan fingerprint density at radius 2 is 1.94 bits per heavy atom. The highest BCUT2D eigenvalue weighted by atomic mass is 35.5. The van der Waals surface area contributed by atoms with Crippen molar-refractivity contribution in [3.63, 3.8) is 0 Å². The zero-order chi connectivity index (χ0) is 11.9. The van der Waals surface area contributed by atoms with Crippen molar-refractivity contribution in [3.05, 3.63) is 59.2 Å². The second-order valence-corrected chi connectivity index (χ2v) is 4.54. The molecule has 0 fully saturated rings. The van der Waals surface area contributed by atoms with Crippen LogP contribution in [0.15, 0.2) is 54.3 Å². The van der Waals surface area contributed by atoms with Gasteiger partial charge in [0.2, 0.25) is 0 Å². The van der Waals surface area contributed by atoms with E-state index in [1.165, 1.54) is 5.39 Å². The number of benzene rings is 1. The van der Waals surface area contributed by atoms with Gasteiger partial charge in [-0.1, -0.05) is 24.3 Å². The Morgan fingerprint density at radius 3 is 2.59 bits per heavy atom. The van der Waals surface area contributed by atoms with Gasteiger partial charge in [0.1, 0.15) is 0 Å². The van der Waals surface area contributed by atoms with Gasteiger partial charge in [0.05, 0.1) is 16.9 Å². The lowest BCUT2D eigenvalue weighted by Crippen LogP contribution is -1.73. The maximum absolute atomic E-state index is 5.44. The molecular formula is C13H11ClN2S. The maximum atomic E-state index is 5.44. The zero-order valence-electron chi connectivity index (χ0n) is 9.08. The molecule has 0 unspecified atom stereocenters.